The SMILES string of the molecule is O=C(O)c1ccc2[nH]c(-c3ccccc3)c(NC(=O)c3cc(C4=NCC=CN4)c(C(F)(F)F)cc3F)c2c1. The molecule has 0 fully saturated rings. The first kappa shape index (κ1) is 24.8. The van der Waals surface area contributed by atoms with Gasteiger partial charge in [0.1, 0.15) is 11.7 Å². The Morgan fingerprint density at radius 1 is 1.03 bits per heavy atom. The highest BCUT2D eigenvalue weighted by molar-refractivity contribution is 6.14. The Labute approximate surface area is 212 Å². The molecule has 0 spiro atoms. The van der Waals surface area contributed by atoms with Gasteiger partial charge in [-0.15, -0.1) is 0 Å². The lowest BCUT2D eigenvalue weighted by molar-refractivity contribution is -0.137. The summed E-state index contributed by atoms with van der Waals surface area (Å²) in [5, 5.41) is 15.0. The smallest absolute Gasteiger partial charge is 0.417 e. The number of hydrogen-bond acceptors (Lipinski definition) is 4. The fourth-order valence-electron chi connectivity index (χ4n) is 4.18. The number of carboxylic acids is 1. The number of nitrogens with zero attached hydrogens (tertiary/aromatic N) is 1. The monoisotopic (exact) mass is 522 g/mol. The number of halogens is 4. The average Bonchev–Trinajstić information content (AvgIpc) is 3.26. The Kier molecular flexibility index (Phi) is 6.19. The van der Waals surface area contributed by atoms with Gasteiger partial charge in [-0.2, -0.15) is 13.2 Å². The van der Waals surface area contributed by atoms with Crippen molar-refractivity contribution in [1.29, 1.82) is 0 Å². The van der Waals surface area contributed by atoms with E-state index in [9.17, 15) is 32.3 Å². The number of carbonyl (C=O) groups is 2. The molecule has 0 atom stereocenters. The van der Waals surface area contributed by atoms with E-state index in [-0.39, 0.29) is 29.7 Å². The maximum atomic E-state index is 15.0. The van der Waals surface area contributed by atoms with E-state index in [0.717, 1.165) is 6.07 Å². The number of hydrogen-bond donors (Lipinski definition) is 4. The van der Waals surface area contributed by atoms with Crippen LogP contribution in [-0.4, -0.2) is 34.3 Å². The first-order valence-electron chi connectivity index (χ1n) is 11.3. The number of rotatable bonds is 5. The average molecular weight is 522 g/mol. The minimum absolute atomic E-state index is 0.0518. The van der Waals surface area contributed by atoms with Gasteiger partial charge in [0.05, 0.1) is 34.6 Å². The molecule has 1 aliphatic heterocycles. The van der Waals surface area contributed by atoms with Crippen molar-refractivity contribution in [2.75, 3.05) is 11.9 Å². The van der Waals surface area contributed by atoms with Gasteiger partial charge in [-0.05, 0) is 36.4 Å². The van der Waals surface area contributed by atoms with Crippen LogP contribution in [0.15, 0.2) is 77.9 Å². The molecule has 0 aliphatic carbocycles. The number of nitrogens with one attached hydrogen (secondary N) is 3. The molecule has 1 aromatic heterocycles. The number of anilines is 1. The third kappa shape index (κ3) is 4.61. The Hall–Kier alpha value is -4.93. The van der Waals surface area contributed by atoms with Gasteiger partial charge in [0, 0.05) is 28.2 Å². The predicted octanol–water partition coefficient (Wildman–Crippen LogP) is 5.81. The fourth-order valence-corrected chi connectivity index (χ4v) is 4.18. The molecule has 0 radical (unpaired) electrons. The zero-order valence-electron chi connectivity index (χ0n) is 19.4. The van der Waals surface area contributed by atoms with Gasteiger partial charge < -0.3 is 20.7 Å². The Bertz CT molecular complexity index is 1640. The van der Waals surface area contributed by atoms with Crippen LogP contribution in [0.2, 0.25) is 0 Å². The zero-order valence-corrected chi connectivity index (χ0v) is 19.4. The summed E-state index contributed by atoms with van der Waals surface area (Å²) in [4.78, 5) is 32.0. The Balaban J connectivity index is 1.64. The number of alkyl halides is 3. The summed E-state index contributed by atoms with van der Waals surface area (Å²) in [7, 11) is 0. The van der Waals surface area contributed by atoms with Gasteiger partial charge >= 0.3 is 12.1 Å². The number of aromatic nitrogens is 1. The van der Waals surface area contributed by atoms with Gasteiger partial charge in [-0.3, -0.25) is 9.79 Å². The lowest BCUT2D eigenvalue weighted by Crippen LogP contribution is -2.27. The summed E-state index contributed by atoms with van der Waals surface area (Å²) in [6, 6.07) is 14.1. The molecule has 1 amide bonds. The summed E-state index contributed by atoms with van der Waals surface area (Å²) in [5.41, 5.74) is -0.773. The number of amidine groups is 1. The van der Waals surface area contributed by atoms with Crippen molar-refractivity contribution in [3.05, 3.63) is 101 Å². The molecule has 2 heterocycles. The number of benzene rings is 3. The van der Waals surface area contributed by atoms with Crippen LogP contribution < -0.4 is 10.6 Å². The van der Waals surface area contributed by atoms with Crippen LogP contribution >= 0.6 is 0 Å². The van der Waals surface area contributed by atoms with Crippen LogP contribution in [0.1, 0.15) is 31.8 Å². The molecular formula is C27H18F4N4O3. The summed E-state index contributed by atoms with van der Waals surface area (Å²) < 4.78 is 56.2. The zero-order chi connectivity index (χ0) is 27.0. The van der Waals surface area contributed by atoms with Crippen molar-refractivity contribution in [1.82, 2.24) is 10.3 Å². The molecule has 1 aliphatic rings. The van der Waals surface area contributed by atoms with E-state index in [1.807, 2.05) is 0 Å². The van der Waals surface area contributed by atoms with E-state index in [4.69, 9.17) is 0 Å². The third-order valence-electron chi connectivity index (χ3n) is 5.95. The molecule has 0 unspecified atom stereocenters. The van der Waals surface area contributed by atoms with Crippen molar-refractivity contribution in [3.8, 4) is 11.3 Å². The maximum absolute atomic E-state index is 15.0. The lowest BCUT2D eigenvalue weighted by Gasteiger charge is -2.18. The molecule has 4 aromatic rings. The minimum atomic E-state index is -4.90. The van der Waals surface area contributed by atoms with Crippen LogP contribution in [0.25, 0.3) is 22.2 Å². The fraction of sp³-hybridized carbons (Fsp3) is 0.0741. The van der Waals surface area contributed by atoms with Crippen molar-refractivity contribution < 1.29 is 32.3 Å². The van der Waals surface area contributed by atoms with Crippen LogP contribution in [0.5, 0.6) is 0 Å². The number of aromatic carboxylic acids is 1. The Morgan fingerprint density at radius 3 is 2.45 bits per heavy atom. The highest BCUT2D eigenvalue weighted by Gasteiger charge is 2.36. The van der Waals surface area contributed by atoms with Crippen LogP contribution in [0.4, 0.5) is 23.2 Å². The maximum Gasteiger partial charge on any atom is 0.417 e. The van der Waals surface area contributed by atoms with E-state index in [1.165, 1.54) is 24.4 Å². The summed E-state index contributed by atoms with van der Waals surface area (Å²) >= 11 is 0. The number of carboxylic acid groups (broad SMARTS) is 1. The van der Waals surface area contributed by atoms with Crippen molar-refractivity contribution >= 4 is 34.3 Å². The summed E-state index contributed by atoms with van der Waals surface area (Å²) in [6.45, 7) is 0.111. The van der Waals surface area contributed by atoms with Crippen LogP contribution in [0.3, 0.4) is 0 Å². The van der Waals surface area contributed by atoms with Gasteiger partial charge in [0.2, 0.25) is 0 Å². The number of fused-ring (bicyclic) bond motifs is 1. The van der Waals surface area contributed by atoms with Gasteiger partial charge in [-0.1, -0.05) is 30.3 Å². The van der Waals surface area contributed by atoms with E-state index in [0.29, 0.717) is 22.2 Å². The van der Waals surface area contributed by atoms with Crippen LogP contribution in [-0.2, 0) is 6.18 Å². The van der Waals surface area contributed by atoms with Gasteiger partial charge in [0.25, 0.3) is 5.91 Å². The molecule has 38 heavy (non-hydrogen) atoms. The Morgan fingerprint density at radius 2 is 1.79 bits per heavy atom. The highest BCUT2D eigenvalue weighted by atomic mass is 19.4. The first-order valence-corrected chi connectivity index (χ1v) is 11.3. The van der Waals surface area contributed by atoms with Gasteiger partial charge in [-0.25, -0.2) is 9.18 Å². The number of H-pyrrole nitrogens is 1. The van der Waals surface area contributed by atoms with Crippen molar-refractivity contribution in [2.45, 2.75) is 6.18 Å². The lowest BCUT2D eigenvalue weighted by atomic mass is 10.0. The standard InChI is InChI=1S/C27H18F4N4O3/c28-20-13-19(27(29,30)31)16(24-32-9-4-10-33-24)12-17(20)25(36)35-23-18-11-15(26(37)38)7-8-21(18)34-22(23)14-5-2-1-3-6-14/h1-9,11-13,34H,10H2,(H,32,33)(H,35,36)(H,37,38). The normalized spacial score (nSPS) is 13.2. The summed E-state index contributed by atoms with van der Waals surface area (Å²) in [6.07, 6.45) is -1.91. The molecule has 0 saturated heterocycles. The summed E-state index contributed by atoms with van der Waals surface area (Å²) in [5.74, 6) is -3.75. The molecule has 4 N–H and O–H groups in total. The van der Waals surface area contributed by atoms with Crippen LogP contribution in [0, 0.1) is 5.82 Å². The largest absolute Gasteiger partial charge is 0.478 e. The molecule has 5 rings (SSSR count). The van der Waals surface area contributed by atoms with Gasteiger partial charge in [0.15, 0.2) is 0 Å². The van der Waals surface area contributed by atoms with E-state index in [2.05, 4.69) is 20.6 Å². The van der Waals surface area contributed by atoms with E-state index >= 15 is 0 Å². The topological polar surface area (TPSA) is 107 Å². The minimum Gasteiger partial charge on any atom is -0.478 e. The number of aliphatic imine (C=N–C) groups is 1. The second kappa shape index (κ2) is 9.51. The number of amides is 1. The van der Waals surface area contributed by atoms with E-state index < -0.39 is 40.6 Å². The molecular weight excluding hydrogens is 504 g/mol. The predicted molar refractivity (Wildman–Crippen MR) is 134 cm³/mol. The quantitative estimate of drug-likeness (QED) is 0.248. The highest BCUT2D eigenvalue weighted by Crippen LogP contribution is 2.37. The van der Waals surface area contributed by atoms with Crippen molar-refractivity contribution in [3.63, 3.8) is 0 Å². The number of carbonyl (C=O) groups excluding carboxylic acids is 1. The molecule has 192 valence electrons. The molecule has 7 nitrogen and oxygen atoms in total. The van der Waals surface area contributed by atoms with E-state index in [1.54, 1.807) is 36.4 Å². The second-order valence-corrected chi connectivity index (χ2v) is 8.37. The molecule has 0 saturated carbocycles. The second-order valence-electron chi connectivity index (χ2n) is 8.37. The third-order valence-corrected chi connectivity index (χ3v) is 5.95. The first-order chi connectivity index (χ1) is 18.1. The van der Waals surface area contributed by atoms with Crippen molar-refractivity contribution in [2.24, 2.45) is 4.99 Å². The molecule has 0 bridgehead atoms. The number of aromatic amines is 1. The molecule has 3 aromatic carbocycles. The molecule has 11 heteroatoms.